The van der Waals surface area contributed by atoms with Crippen LogP contribution in [0.25, 0.3) is 22.2 Å². The minimum atomic E-state index is -0.240. The lowest BCUT2D eigenvalue weighted by atomic mass is 10.1. The topological polar surface area (TPSA) is 22.1 Å². The van der Waals surface area contributed by atoms with E-state index in [0.717, 1.165) is 34.3 Å². The number of ether oxygens (including phenoxy) is 1. The third-order valence-corrected chi connectivity index (χ3v) is 5.07. The molecule has 0 fully saturated rings. The maximum absolute atomic E-state index is 13.2. The third kappa shape index (κ3) is 5.79. The number of para-hydroxylation sites is 1. The number of hydrogen-bond donors (Lipinski definition) is 0. The van der Waals surface area contributed by atoms with E-state index >= 15 is 0 Å². The second kappa shape index (κ2) is 10.8. The van der Waals surface area contributed by atoms with Crippen molar-refractivity contribution in [3.63, 3.8) is 0 Å². The molecular formula is C25H30FNO. The van der Waals surface area contributed by atoms with Crippen LogP contribution in [0.5, 0.6) is 5.75 Å². The third-order valence-electron chi connectivity index (χ3n) is 5.07. The summed E-state index contributed by atoms with van der Waals surface area (Å²) < 4.78 is 19.4. The molecule has 0 saturated carbocycles. The molecule has 2 aromatic carbocycles. The molecule has 0 spiro atoms. The van der Waals surface area contributed by atoms with E-state index in [1.165, 1.54) is 57.1 Å². The first-order chi connectivity index (χ1) is 13.8. The number of aromatic nitrogens is 1. The average Bonchev–Trinajstić information content (AvgIpc) is 2.73. The predicted molar refractivity (Wildman–Crippen MR) is 115 cm³/mol. The van der Waals surface area contributed by atoms with E-state index in [2.05, 4.69) is 6.92 Å². The van der Waals surface area contributed by atoms with Gasteiger partial charge in [0.1, 0.15) is 11.6 Å². The van der Waals surface area contributed by atoms with E-state index in [9.17, 15) is 4.39 Å². The molecule has 0 aliphatic carbocycles. The second-order valence-electron chi connectivity index (χ2n) is 7.35. The van der Waals surface area contributed by atoms with Crippen LogP contribution in [0.4, 0.5) is 4.39 Å². The minimum absolute atomic E-state index is 0.240. The standard InChI is InChI=1S/C25H30FNO/c1-2-3-4-5-6-7-8-11-18-28-25-19-24(20-14-16-21(26)17-15-20)27-23-13-10-9-12-22(23)25/h9-10,12-17,19H,2-8,11,18H2,1H3. The number of nitrogens with zero attached hydrogens (tertiary/aromatic N) is 1. The zero-order valence-electron chi connectivity index (χ0n) is 16.8. The Hall–Kier alpha value is -2.42. The summed E-state index contributed by atoms with van der Waals surface area (Å²) in [5.74, 6) is 0.614. The van der Waals surface area contributed by atoms with E-state index in [1.54, 1.807) is 12.1 Å². The van der Waals surface area contributed by atoms with Gasteiger partial charge in [0.05, 0.1) is 17.8 Å². The van der Waals surface area contributed by atoms with Gasteiger partial charge in [0.25, 0.3) is 0 Å². The van der Waals surface area contributed by atoms with Crippen molar-refractivity contribution in [1.82, 2.24) is 4.98 Å². The van der Waals surface area contributed by atoms with Gasteiger partial charge in [-0.25, -0.2) is 9.37 Å². The van der Waals surface area contributed by atoms with Crippen molar-refractivity contribution in [2.45, 2.75) is 58.3 Å². The van der Waals surface area contributed by atoms with Crippen LogP contribution >= 0.6 is 0 Å². The zero-order chi connectivity index (χ0) is 19.6. The fourth-order valence-electron chi connectivity index (χ4n) is 3.45. The summed E-state index contributed by atoms with van der Waals surface area (Å²) in [6.45, 7) is 2.97. The van der Waals surface area contributed by atoms with Crippen LogP contribution < -0.4 is 4.74 Å². The number of fused-ring (bicyclic) bond motifs is 1. The normalized spacial score (nSPS) is 11.1. The van der Waals surface area contributed by atoms with Crippen LogP contribution in [0.1, 0.15) is 58.3 Å². The number of pyridine rings is 1. The van der Waals surface area contributed by atoms with Crippen molar-refractivity contribution >= 4 is 10.9 Å². The van der Waals surface area contributed by atoms with Crippen LogP contribution in [0.15, 0.2) is 54.6 Å². The van der Waals surface area contributed by atoms with Gasteiger partial charge in [-0.05, 0) is 42.8 Å². The molecule has 0 aliphatic heterocycles. The lowest BCUT2D eigenvalue weighted by Crippen LogP contribution is -1.99. The highest BCUT2D eigenvalue weighted by Gasteiger charge is 2.09. The maximum Gasteiger partial charge on any atom is 0.130 e. The number of halogens is 1. The van der Waals surface area contributed by atoms with Crippen molar-refractivity contribution < 1.29 is 9.13 Å². The molecule has 3 aromatic rings. The molecular weight excluding hydrogens is 349 g/mol. The van der Waals surface area contributed by atoms with Crippen LogP contribution in [0, 0.1) is 5.82 Å². The highest BCUT2D eigenvalue weighted by Crippen LogP contribution is 2.30. The largest absolute Gasteiger partial charge is 0.493 e. The van der Waals surface area contributed by atoms with Gasteiger partial charge < -0.3 is 4.74 Å². The van der Waals surface area contributed by atoms with Gasteiger partial charge in [-0.15, -0.1) is 0 Å². The van der Waals surface area contributed by atoms with Crippen LogP contribution in [0.2, 0.25) is 0 Å². The summed E-state index contributed by atoms with van der Waals surface area (Å²) >= 11 is 0. The molecule has 1 aromatic heterocycles. The van der Waals surface area contributed by atoms with Crippen molar-refractivity contribution in [3.05, 3.63) is 60.4 Å². The quantitative estimate of drug-likeness (QED) is 0.321. The maximum atomic E-state index is 13.2. The van der Waals surface area contributed by atoms with E-state index in [-0.39, 0.29) is 5.82 Å². The highest BCUT2D eigenvalue weighted by atomic mass is 19.1. The Bertz CT molecular complexity index is 860. The summed E-state index contributed by atoms with van der Waals surface area (Å²) in [6.07, 6.45) is 10.3. The molecule has 0 bridgehead atoms. The summed E-state index contributed by atoms with van der Waals surface area (Å²) in [6, 6.07) is 16.4. The summed E-state index contributed by atoms with van der Waals surface area (Å²) in [5, 5.41) is 1.02. The van der Waals surface area contributed by atoms with Crippen LogP contribution in [0.3, 0.4) is 0 Å². The first-order valence-electron chi connectivity index (χ1n) is 10.6. The second-order valence-corrected chi connectivity index (χ2v) is 7.35. The van der Waals surface area contributed by atoms with E-state index < -0.39 is 0 Å². The number of benzene rings is 2. The van der Waals surface area contributed by atoms with E-state index in [4.69, 9.17) is 9.72 Å². The Balaban J connectivity index is 1.61. The molecule has 2 nitrogen and oxygen atoms in total. The van der Waals surface area contributed by atoms with E-state index in [1.807, 2.05) is 30.3 Å². The summed E-state index contributed by atoms with van der Waals surface area (Å²) in [7, 11) is 0. The molecule has 0 atom stereocenters. The van der Waals surface area contributed by atoms with Gasteiger partial charge >= 0.3 is 0 Å². The molecule has 0 aliphatic rings. The Labute approximate surface area is 167 Å². The van der Waals surface area contributed by atoms with Crippen LogP contribution in [-0.2, 0) is 0 Å². The zero-order valence-corrected chi connectivity index (χ0v) is 16.8. The monoisotopic (exact) mass is 379 g/mol. The van der Waals surface area contributed by atoms with Crippen molar-refractivity contribution in [2.24, 2.45) is 0 Å². The van der Waals surface area contributed by atoms with Gasteiger partial charge in [-0.3, -0.25) is 0 Å². The lowest BCUT2D eigenvalue weighted by Gasteiger charge is -2.12. The lowest BCUT2D eigenvalue weighted by molar-refractivity contribution is 0.307. The average molecular weight is 380 g/mol. The molecule has 3 heteroatoms. The SMILES string of the molecule is CCCCCCCCCCOc1cc(-c2ccc(F)cc2)nc2ccccc12. The predicted octanol–water partition coefficient (Wildman–Crippen LogP) is 7.56. The minimum Gasteiger partial charge on any atom is -0.493 e. The molecule has 1 heterocycles. The van der Waals surface area contributed by atoms with E-state index in [0.29, 0.717) is 6.61 Å². The summed E-state index contributed by atoms with van der Waals surface area (Å²) in [5.41, 5.74) is 2.60. The number of unbranched alkanes of at least 4 members (excludes halogenated alkanes) is 7. The van der Waals surface area contributed by atoms with Gasteiger partial charge in [-0.1, -0.05) is 64.0 Å². The Kier molecular flexibility index (Phi) is 7.83. The van der Waals surface area contributed by atoms with Gasteiger partial charge in [0.2, 0.25) is 0 Å². The Morgan fingerprint density at radius 2 is 1.50 bits per heavy atom. The molecule has 3 rings (SSSR count). The fourth-order valence-corrected chi connectivity index (χ4v) is 3.45. The molecule has 0 amide bonds. The molecule has 28 heavy (non-hydrogen) atoms. The summed E-state index contributed by atoms with van der Waals surface area (Å²) in [4.78, 5) is 4.73. The van der Waals surface area contributed by atoms with Gasteiger partial charge in [0.15, 0.2) is 0 Å². The number of hydrogen-bond acceptors (Lipinski definition) is 2. The smallest absolute Gasteiger partial charge is 0.130 e. The van der Waals surface area contributed by atoms with Crippen molar-refractivity contribution in [2.75, 3.05) is 6.61 Å². The van der Waals surface area contributed by atoms with Gasteiger partial charge in [0, 0.05) is 17.0 Å². The van der Waals surface area contributed by atoms with Crippen LogP contribution in [-0.4, -0.2) is 11.6 Å². The molecule has 0 radical (unpaired) electrons. The first kappa shape index (κ1) is 20.3. The van der Waals surface area contributed by atoms with Gasteiger partial charge in [-0.2, -0.15) is 0 Å². The highest BCUT2D eigenvalue weighted by molar-refractivity contribution is 5.87. The Morgan fingerprint density at radius 1 is 0.821 bits per heavy atom. The number of rotatable bonds is 11. The molecule has 0 N–H and O–H groups in total. The fraction of sp³-hybridized carbons (Fsp3) is 0.400. The Morgan fingerprint density at radius 3 is 2.25 bits per heavy atom. The molecule has 148 valence electrons. The van der Waals surface area contributed by atoms with Crippen molar-refractivity contribution in [1.29, 1.82) is 0 Å². The first-order valence-corrected chi connectivity index (χ1v) is 10.6. The molecule has 0 unspecified atom stereocenters. The molecule has 0 saturated heterocycles. The van der Waals surface area contributed by atoms with Crippen molar-refractivity contribution in [3.8, 4) is 17.0 Å².